The fourth-order valence-electron chi connectivity index (χ4n) is 3.49. The maximum atomic E-state index is 10.1. The van der Waals surface area contributed by atoms with Crippen LogP contribution in [0.15, 0.2) is 58.9 Å². The SMILES string of the molecule is [C-]#[N+]c1c(OCC)nc(SCc2csc(-c3ccc(Cl)cc3)n2)c(C#N)c1-c1ccc(OCCO)cc1. The van der Waals surface area contributed by atoms with E-state index in [2.05, 4.69) is 15.9 Å². The molecule has 0 atom stereocenters. The Labute approximate surface area is 228 Å². The summed E-state index contributed by atoms with van der Waals surface area (Å²) in [6, 6.07) is 16.8. The molecular formula is C27H21ClN4O3S2. The van der Waals surface area contributed by atoms with Gasteiger partial charge in [-0.3, -0.25) is 0 Å². The average Bonchev–Trinajstić information content (AvgIpc) is 3.40. The molecule has 186 valence electrons. The molecule has 0 spiro atoms. The van der Waals surface area contributed by atoms with Crippen LogP contribution in [0, 0.1) is 17.9 Å². The lowest BCUT2D eigenvalue weighted by Gasteiger charge is -2.15. The molecule has 0 saturated carbocycles. The van der Waals surface area contributed by atoms with Gasteiger partial charge in [-0.2, -0.15) is 5.26 Å². The van der Waals surface area contributed by atoms with E-state index in [0.717, 1.165) is 16.3 Å². The number of hydrogen-bond acceptors (Lipinski definition) is 8. The number of aliphatic hydroxyl groups is 1. The highest BCUT2D eigenvalue weighted by molar-refractivity contribution is 7.98. The van der Waals surface area contributed by atoms with E-state index in [-0.39, 0.29) is 24.8 Å². The summed E-state index contributed by atoms with van der Waals surface area (Å²) in [7, 11) is 0. The summed E-state index contributed by atoms with van der Waals surface area (Å²) in [5.74, 6) is 1.26. The number of pyridine rings is 1. The van der Waals surface area contributed by atoms with Crippen molar-refractivity contribution in [2.75, 3.05) is 19.8 Å². The third kappa shape index (κ3) is 6.22. The number of hydrogen-bond donors (Lipinski definition) is 1. The zero-order chi connectivity index (χ0) is 26.2. The highest BCUT2D eigenvalue weighted by Gasteiger charge is 2.23. The molecule has 0 saturated heterocycles. The number of halogens is 1. The van der Waals surface area contributed by atoms with Gasteiger partial charge in [0.15, 0.2) is 0 Å². The maximum absolute atomic E-state index is 10.1. The van der Waals surface area contributed by atoms with Gasteiger partial charge in [0, 0.05) is 27.3 Å². The highest BCUT2D eigenvalue weighted by atomic mass is 35.5. The van der Waals surface area contributed by atoms with E-state index >= 15 is 0 Å². The number of thiazole rings is 1. The lowest BCUT2D eigenvalue weighted by atomic mass is 10.00. The summed E-state index contributed by atoms with van der Waals surface area (Å²) in [6.07, 6.45) is 0. The Hall–Kier alpha value is -3.60. The van der Waals surface area contributed by atoms with Crippen molar-refractivity contribution < 1.29 is 14.6 Å². The molecule has 2 heterocycles. The number of benzene rings is 2. The Balaban J connectivity index is 1.68. The molecule has 2 aromatic carbocycles. The second-order valence-electron chi connectivity index (χ2n) is 7.51. The first-order valence-electron chi connectivity index (χ1n) is 11.2. The molecule has 0 aliphatic heterocycles. The van der Waals surface area contributed by atoms with Crippen molar-refractivity contribution in [2.24, 2.45) is 0 Å². The lowest BCUT2D eigenvalue weighted by molar-refractivity contribution is 0.201. The van der Waals surface area contributed by atoms with Gasteiger partial charge in [0.25, 0.3) is 5.69 Å². The van der Waals surface area contributed by atoms with Gasteiger partial charge in [0.2, 0.25) is 5.88 Å². The van der Waals surface area contributed by atoms with E-state index in [1.165, 1.54) is 23.1 Å². The topological polar surface area (TPSA) is 92.6 Å². The van der Waals surface area contributed by atoms with Crippen molar-refractivity contribution >= 4 is 40.4 Å². The monoisotopic (exact) mass is 548 g/mol. The Morgan fingerprint density at radius 1 is 1.11 bits per heavy atom. The molecular weight excluding hydrogens is 528 g/mol. The van der Waals surface area contributed by atoms with Crippen LogP contribution in [0.5, 0.6) is 11.6 Å². The minimum Gasteiger partial charge on any atom is -0.491 e. The molecule has 0 aliphatic rings. The Bertz CT molecular complexity index is 1460. The minimum absolute atomic E-state index is 0.0922. The second kappa shape index (κ2) is 12.6. The predicted molar refractivity (Wildman–Crippen MR) is 147 cm³/mol. The van der Waals surface area contributed by atoms with E-state index < -0.39 is 0 Å². The van der Waals surface area contributed by atoms with E-state index in [4.69, 9.17) is 37.7 Å². The van der Waals surface area contributed by atoms with Crippen molar-refractivity contribution in [3.63, 3.8) is 0 Å². The molecule has 0 fully saturated rings. The van der Waals surface area contributed by atoms with Gasteiger partial charge in [-0.1, -0.05) is 47.6 Å². The molecule has 7 nitrogen and oxygen atoms in total. The largest absolute Gasteiger partial charge is 0.491 e. The first kappa shape index (κ1) is 26.5. The number of rotatable bonds is 10. The van der Waals surface area contributed by atoms with Gasteiger partial charge >= 0.3 is 0 Å². The van der Waals surface area contributed by atoms with Crippen molar-refractivity contribution in [2.45, 2.75) is 17.7 Å². The first-order chi connectivity index (χ1) is 18.1. The highest BCUT2D eigenvalue weighted by Crippen LogP contribution is 2.44. The fourth-order valence-corrected chi connectivity index (χ4v) is 5.41. The summed E-state index contributed by atoms with van der Waals surface area (Å²) in [5, 5.41) is 23.1. The zero-order valence-corrected chi connectivity index (χ0v) is 22.2. The molecule has 0 radical (unpaired) electrons. The predicted octanol–water partition coefficient (Wildman–Crippen LogP) is 7.01. The van der Waals surface area contributed by atoms with E-state index in [9.17, 15) is 5.26 Å². The molecule has 0 bridgehead atoms. The van der Waals surface area contributed by atoms with Gasteiger partial charge in [-0.25, -0.2) is 14.8 Å². The summed E-state index contributed by atoms with van der Waals surface area (Å²) in [5.41, 5.74) is 3.46. The molecule has 0 amide bonds. The first-order valence-corrected chi connectivity index (χ1v) is 13.5. The summed E-state index contributed by atoms with van der Waals surface area (Å²) < 4.78 is 11.1. The molecule has 1 N–H and O–H groups in total. The van der Waals surface area contributed by atoms with Gasteiger partial charge in [0.05, 0.1) is 31.0 Å². The van der Waals surface area contributed by atoms with Crippen LogP contribution in [0.3, 0.4) is 0 Å². The average molecular weight is 549 g/mol. The van der Waals surface area contributed by atoms with Crippen LogP contribution >= 0.6 is 34.7 Å². The fraction of sp³-hybridized carbons (Fsp3) is 0.185. The van der Waals surface area contributed by atoms with Crippen LogP contribution in [0.4, 0.5) is 5.69 Å². The number of aliphatic hydroxyl groups excluding tert-OH is 1. The molecule has 0 aliphatic carbocycles. The minimum atomic E-state index is -0.0922. The number of nitriles is 1. The van der Waals surface area contributed by atoms with Crippen molar-refractivity contribution in [3.8, 4) is 39.4 Å². The van der Waals surface area contributed by atoms with Gasteiger partial charge < -0.3 is 14.6 Å². The number of nitrogens with zero attached hydrogens (tertiary/aromatic N) is 4. The summed E-state index contributed by atoms with van der Waals surface area (Å²) in [6.45, 7) is 10.0. The maximum Gasteiger partial charge on any atom is 0.256 e. The van der Waals surface area contributed by atoms with E-state index in [1.807, 2.05) is 36.6 Å². The van der Waals surface area contributed by atoms with Crippen LogP contribution in [0.1, 0.15) is 18.2 Å². The normalized spacial score (nSPS) is 10.5. The number of ether oxygens (including phenoxy) is 2. The molecule has 10 heteroatoms. The molecule has 4 aromatic rings. The van der Waals surface area contributed by atoms with Crippen LogP contribution in [-0.2, 0) is 5.75 Å². The smallest absolute Gasteiger partial charge is 0.256 e. The van der Waals surface area contributed by atoms with Gasteiger partial charge in [-0.05, 0) is 36.8 Å². The summed E-state index contributed by atoms with van der Waals surface area (Å²) >= 11 is 8.90. The quantitative estimate of drug-likeness (QED) is 0.168. The summed E-state index contributed by atoms with van der Waals surface area (Å²) in [4.78, 5) is 12.9. The van der Waals surface area contributed by atoms with Crippen LogP contribution < -0.4 is 9.47 Å². The van der Waals surface area contributed by atoms with Gasteiger partial charge in [0.1, 0.15) is 28.5 Å². The zero-order valence-electron chi connectivity index (χ0n) is 19.8. The van der Waals surface area contributed by atoms with Crippen LogP contribution in [0.25, 0.3) is 26.5 Å². The third-order valence-electron chi connectivity index (χ3n) is 5.11. The number of thioether (sulfide) groups is 1. The van der Waals surface area contributed by atoms with Crippen molar-refractivity contribution in [1.29, 1.82) is 5.26 Å². The Kier molecular flexibility index (Phi) is 8.99. The Morgan fingerprint density at radius 2 is 1.84 bits per heavy atom. The van der Waals surface area contributed by atoms with E-state index in [1.54, 1.807) is 24.3 Å². The third-order valence-corrected chi connectivity index (χ3v) is 7.31. The molecule has 2 aromatic heterocycles. The number of aromatic nitrogens is 2. The second-order valence-corrected chi connectivity index (χ2v) is 9.77. The van der Waals surface area contributed by atoms with E-state index in [0.29, 0.717) is 44.8 Å². The molecule has 0 unspecified atom stereocenters. The van der Waals surface area contributed by atoms with Crippen LogP contribution in [0.2, 0.25) is 5.02 Å². The van der Waals surface area contributed by atoms with Crippen LogP contribution in [-0.4, -0.2) is 34.9 Å². The standard InChI is InChI=1S/C27H21ClN4O3S2/c1-3-34-25-24(30-2)23(17-6-10-21(11-7-17)35-13-12-33)22(14-29)27(32-25)37-16-20-15-36-26(31-20)18-4-8-19(28)9-5-18/h4-11,15,33H,3,12-13,16H2,1H3. The Morgan fingerprint density at radius 3 is 2.49 bits per heavy atom. The van der Waals surface area contributed by atoms with Crippen molar-refractivity contribution in [3.05, 3.63) is 81.6 Å². The molecule has 4 rings (SSSR count). The van der Waals surface area contributed by atoms with Gasteiger partial charge in [-0.15, -0.1) is 11.3 Å². The van der Waals surface area contributed by atoms with Crippen molar-refractivity contribution in [1.82, 2.24) is 9.97 Å². The molecule has 37 heavy (non-hydrogen) atoms. The lowest BCUT2D eigenvalue weighted by Crippen LogP contribution is -2.02.